The first-order valence-corrected chi connectivity index (χ1v) is 9.64. The molecule has 1 N–H and O–H groups in total. The van der Waals surface area contributed by atoms with Crippen molar-refractivity contribution in [2.75, 3.05) is 26.3 Å². The van der Waals surface area contributed by atoms with Crippen LogP contribution in [0.4, 0.5) is 8.78 Å². The molecule has 1 aliphatic carbocycles. The van der Waals surface area contributed by atoms with Gasteiger partial charge in [-0.05, 0) is 55.0 Å². The molecule has 0 spiro atoms. The number of benzene rings is 1. The van der Waals surface area contributed by atoms with E-state index in [1.165, 1.54) is 6.07 Å². The molecule has 2 fully saturated rings. The Morgan fingerprint density at radius 1 is 1.21 bits per heavy atom. The number of ether oxygens (including phenoxy) is 1. The first kappa shape index (κ1) is 19.1. The maximum Gasteiger partial charge on any atom is 0.337 e. The molecular formula is C21H24F2N2O3. The van der Waals surface area contributed by atoms with Gasteiger partial charge in [0.05, 0.1) is 18.8 Å². The number of halogens is 2. The number of carboxylic acids is 1. The third-order valence-corrected chi connectivity index (χ3v) is 5.61. The SMILES string of the molecule is CC1=CC(N2CCOCC2)N(Cc2ccc(F)c(F)c2)C(C2CC2)=C1C(=O)O. The highest BCUT2D eigenvalue weighted by atomic mass is 19.2. The van der Waals surface area contributed by atoms with Crippen molar-refractivity contribution in [2.45, 2.75) is 32.5 Å². The summed E-state index contributed by atoms with van der Waals surface area (Å²) >= 11 is 0. The maximum atomic E-state index is 13.8. The quantitative estimate of drug-likeness (QED) is 0.837. The molecule has 2 heterocycles. The van der Waals surface area contributed by atoms with Gasteiger partial charge < -0.3 is 14.7 Å². The molecule has 150 valence electrons. The van der Waals surface area contributed by atoms with Crippen molar-refractivity contribution >= 4 is 5.97 Å². The summed E-state index contributed by atoms with van der Waals surface area (Å²) in [6.07, 6.45) is 3.74. The zero-order valence-corrected chi connectivity index (χ0v) is 15.8. The van der Waals surface area contributed by atoms with E-state index in [0.29, 0.717) is 30.9 Å². The highest BCUT2D eigenvalue weighted by Crippen LogP contribution is 2.45. The van der Waals surface area contributed by atoms with Crippen molar-refractivity contribution in [3.63, 3.8) is 0 Å². The Balaban J connectivity index is 1.75. The maximum absolute atomic E-state index is 13.8. The smallest absolute Gasteiger partial charge is 0.337 e. The number of rotatable bonds is 5. The molecule has 1 aromatic rings. The van der Waals surface area contributed by atoms with Gasteiger partial charge >= 0.3 is 5.97 Å². The Kier molecular flexibility index (Phi) is 5.21. The lowest BCUT2D eigenvalue weighted by Crippen LogP contribution is -2.53. The number of morpholine rings is 1. The molecule has 1 atom stereocenters. The zero-order valence-electron chi connectivity index (χ0n) is 15.8. The minimum atomic E-state index is -0.939. The van der Waals surface area contributed by atoms with E-state index in [1.54, 1.807) is 6.07 Å². The van der Waals surface area contributed by atoms with Crippen molar-refractivity contribution in [3.05, 3.63) is 58.3 Å². The van der Waals surface area contributed by atoms with Crippen LogP contribution in [-0.2, 0) is 16.1 Å². The van der Waals surface area contributed by atoms with Gasteiger partial charge in [-0.15, -0.1) is 0 Å². The van der Waals surface area contributed by atoms with Crippen molar-refractivity contribution in [1.82, 2.24) is 9.80 Å². The monoisotopic (exact) mass is 390 g/mol. The van der Waals surface area contributed by atoms with Crippen LogP contribution in [0, 0.1) is 17.6 Å². The highest BCUT2D eigenvalue weighted by molar-refractivity contribution is 5.93. The second kappa shape index (κ2) is 7.64. The van der Waals surface area contributed by atoms with E-state index in [0.717, 1.165) is 43.3 Å². The van der Waals surface area contributed by atoms with Gasteiger partial charge in [-0.25, -0.2) is 13.6 Å². The fourth-order valence-electron chi connectivity index (χ4n) is 4.12. The summed E-state index contributed by atoms with van der Waals surface area (Å²) in [5, 5.41) is 9.85. The molecule has 0 radical (unpaired) electrons. The Morgan fingerprint density at radius 3 is 2.54 bits per heavy atom. The van der Waals surface area contributed by atoms with Gasteiger partial charge in [0.15, 0.2) is 11.6 Å². The molecule has 28 heavy (non-hydrogen) atoms. The summed E-state index contributed by atoms with van der Waals surface area (Å²) in [5.41, 5.74) is 2.53. The van der Waals surface area contributed by atoms with Crippen LogP contribution in [0.25, 0.3) is 0 Å². The van der Waals surface area contributed by atoms with Crippen molar-refractivity contribution in [2.24, 2.45) is 5.92 Å². The third kappa shape index (κ3) is 3.69. The van der Waals surface area contributed by atoms with E-state index in [2.05, 4.69) is 9.80 Å². The second-order valence-electron chi connectivity index (χ2n) is 7.63. The van der Waals surface area contributed by atoms with Crippen LogP contribution in [0.5, 0.6) is 0 Å². The number of nitrogens with zero attached hydrogens (tertiary/aromatic N) is 2. The molecule has 0 bridgehead atoms. The number of hydrogen-bond acceptors (Lipinski definition) is 4. The van der Waals surface area contributed by atoms with E-state index < -0.39 is 17.6 Å². The number of carbonyl (C=O) groups is 1. The van der Waals surface area contributed by atoms with Crippen molar-refractivity contribution < 1.29 is 23.4 Å². The van der Waals surface area contributed by atoms with Crippen LogP contribution >= 0.6 is 0 Å². The number of carboxylic acid groups (broad SMARTS) is 1. The average Bonchev–Trinajstić information content (AvgIpc) is 3.51. The standard InChI is InChI=1S/C21H24F2N2O3/c1-13-10-18(24-6-8-28-9-7-24)25(12-14-2-5-16(22)17(23)11-14)20(15-3-4-15)19(13)21(26)27/h2,5,10-11,15,18H,3-4,6-9,12H2,1H3,(H,26,27). The molecule has 3 aliphatic rings. The van der Waals surface area contributed by atoms with Gasteiger partial charge in [0.25, 0.3) is 0 Å². The number of hydrogen-bond donors (Lipinski definition) is 1. The predicted octanol–water partition coefficient (Wildman–Crippen LogP) is 3.13. The Hall–Kier alpha value is -2.25. The van der Waals surface area contributed by atoms with Crippen LogP contribution in [0.3, 0.4) is 0 Å². The highest BCUT2D eigenvalue weighted by Gasteiger charge is 2.41. The van der Waals surface area contributed by atoms with Crippen LogP contribution in [0.15, 0.2) is 41.1 Å². The van der Waals surface area contributed by atoms with E-state index >= 15 is 0 Å². The molecule has 2 aliphatic heterocycles. The molecule has 1 saturated heterocycles. The van der Waals surface area contributed by atoms with Gasteiger partial charge in [0, 0.05) is 25.3 Å². The normalized spacial score (nSPS) is 23.8. The van der Waals surface area contributed by atoms with Gasteiger partial charge in [-0.1, -0.05) is 6.07 Å². The lowest BCUT2D eigenvalue weighted by atomic mass is 9.95. The minimum absolute atomic E-state index is 0.129. The van der Waals surface area contributed by atoms with Gasteiger partial charge in [-0.2, -0.15) is 0 Å². The summed E-state index contributed by atoms with van der Waals surface area (Å²) in [6, 6.07) is 3.88. The van der Waals surface area contributed by atoms with Crippen LogP contribution < -0.4 is 0 Å². The average molecular weight is 390 g/mol. The van der Waals surface area contributed by atoms with E-state index in [1.807, 2.05) is 13.0 Å². The first-order chi connectivity index (χ1) is 13.5. The van der Waals surface area contributed by atoms with E-state index in [4.69, 9.17) is 4.74 Å². The topological polar surface area (TPSA) is 53.0 Å². The first-order valence-electron chi connectivity index (χ1n) is 9.64. The van der Waals surface area contributed by atoms with E-state index in [-0.39, 0.29) is 12.1 Å². The molecule has 0 amide bonds. The second-order valence-corrected chi connectivity index (χ2v) is 7.63. The summed E-state index contributed by atoms with van der Waals surface area (Å²) in [4.78, 5) is 16.3. The van der Waals surface area contributed by atoms with Crippen molar-refractivity contribution in [1.29, 1.82) is 0 Å². The Morgan fingerprint density at radius 2 is 1.93 bits per heavy atom. The van der Waals surface area contributed by atoms with Crippen LogP contribution in [0.2, 0.25) is 0 Å². The fraction of sp³-hybridized carbons (Fsp3) is 0.476. The van der Waals surface area contributed by atoms with Crippen LogP contribution in [-0.4, -0.2) is 53.3 Å². The van der Waals surface area contributed by atoms with Gasteiger partial charge in [0.2, 0.25) is 0 Å². The molecule has 5 nitrogen and oxygen atoms in total. The Bertz CT molecular complexity index is 842. The molecular weight excluding hydrogens is 366 g/mol. The molecule has 7 heteroatoms. The molecule has 1 unspecified atom stereocenters. The molecule has 1 aromatic carbocycles. The third-order valence-electron chi connectivity index (χ3n) is 5.61. The number of allylic oxidation sites excluding steroid dienone is 1. The van der Waals surface area contributed by atoms with Crippen LogP contribution in [0.1, 0.15) is 25.3 Å². The Labute approximate surface area is 162 Å². The predicted molar refractivity (Wildman–Crippen MR) is 99.2 cm³/mol. The summed E-state index contributed by atoms with van der Waals surface area (Å²) in [5.74, 6) is -2.51. The van der Waals surface area contributed by atoms with Crippen molar-refractivity contribution in [3.8, 4) is 0 Å². The minimum Gasteiger partial charge on any atom is -0.478 e. The van der Waals surface area contributed by atoms with Gasteiger partial charge in [0.1, 0.15) is 6.17 Å². The lowest BCUT2D eigenvalue weighted by molar-refractivity contribution is -0.132. The number of aliphatic carboxylic acids is 1. The molecule has 1 saturated carbocycles. The summed E-state index contributed by atoms with van der Waals surface area (Å²) in [6.45, 7) is 4.89. The molecule has 4 rings (SSSR count). The largest absolute Gasteiger partial charge is 0.478 e. The fourth-order valence-corrected chi connectivity index (χ4v) is 4.12. The van der Waals surface area contributed by atoms with E-state index in [9.17, 15) is 18.7 Å². The molecule has 0 aromatic heterocycles. The van der Waals surface area contributed by atoms with Gasteiger partial charge in [-0.3, -0.25) is 4.90 Å². The zero-order chi connectivity index (χ0) is 19.8. The summed E-state index contributed by atoms with van der Waals surface area (Å²) < 4.78 is 32.6. The lowest BCUT2D eigenvalue weighted by Gasteiger charge is -2.45. The summed E-state index contributed by atoms with van der Waals surface area (Å²) in [7, 11) is 0.